The van der Waals surface area contributed by atoms with Crippen LogP contribution in [0.15, 0.2) is 89.9 Å². The molecule has 1 heterocycles. The van der Waals surface area contributed by atoms with Crippen LogP contribution in [0.4, 0.5) is 0 Å². The molecule has 1 aliphatic rings. The number of hydrogen-bond donors (Lipinski definition) is 0. The van der Waals surface area contributed by atoms with E-state index in [1.807, 2.05) is 0 Å². The van der Waals surface area contributed by atoms with Gasteiger partial charge in [-0.3, -0.25) is 4.99 Å². The Morgan fingerprint density at radius 3 is 1.69 bits per heavy atom. The van der Waals surface area contributed by atoms with Gasteiger partial charge in [-0.15, -0.1) is 0 Å². The lowest BCUT2D eigenvalue weighted by Crippen LogP contribution is -2.20. The highest BCUT2D eigenvalue weighted by atomic mass is 31.1. The minimum absolute atomic E-state index is 0.557. The van der Waals surface area contributed by atoms with Gasteiger partial charge >= 0.3 is 0 Å². The van der Waals surface area contributed by atoms with E-state index in [1.165, 1.54) is 67.3 Å². The Morgan fingerprint density at radius 1 is 0.611 bits per heavy atom. The second kappa shape index (κ2) is 15.5. The predicted molar refractivity (Wildman–Crippen MR) is 155 cm³/mol. The van der Waals surface area contributed by atoms with Gasteiger partial charge in [0.2, 0.25) is 0 Å². The summed E-state index contributed by atoms with van der Waals surface area (Å²) in [7, 11) is -0.557. The molecule has 36 heavy (non-hydrogen) atoms. The first-order valence-corrected chi connectivity index (χ1v) is 15.0. The van der Waals surface area contributed by atoms with Gasteiger partial charge in [0.25, 0.3) is 0 Å². The molecular weight excluding hydrogens is 461 g/mol. The minimum atomic E-state index is -0.557. The third-order valence-electron chi connectivity index (χ3n) is 6.58. The van der Waals surface area contributed by atoms with Gasteiger partial charge in [-0.1, -0.05) is 118 Å². The molecule has 3 aromatic rings. The largest absolute Gasteiger partial charge is 0.494 e. The summed E-state index contributed by atoms with van der Waals surface area (Å²) in [6.07, 6.45) is 12.6. The lowest BCUT2D eigenvalue weighted by atomic mass is 10.1. The molecule has 0 aliphatic carbocycles. The zero-order chi connectivity index (χ0) is 24.7. The Kier molecular flexibility index (Phi) is 11.4. The SMILES string of the molecule is c1ccc(P(c2ccccc2)c2ccc(OCCCCCCCCCCCC3=NCCO3)cc2)cc1. The molecule has 1 aliphatic heterocycles. The summed E-state index contributed by atoms with van der Waals surface area (Å²) in [6.45, 7) is 2.45. The summed E-state index contributed by atoms with van der Waals surface area (Å²) in [5.41, 5.74) is 0. The molecule has 0 amide bonds. The van der Waals surface area contributed by atoms with Gasteiger partial charge in [-0.05, 0) is 48.8 Å². The van der Waals surface area contributed by atoms with Gasteiger partial charge in [-0.2, -0.15) is 0 Å². The molecule has 0 bridgehead atoms. The fraction of sp³-hybridized carbons (Fsp3) is 0.406. The first kappa shape index (κ1) is 26.4. The van der Waals surface area contributed by atoms with Gasteiger partial charge < -0.3 is 9.47 Å². The van der Waals surface area contributed by atoms with Crippen molar-refractivity contribution >= 4 is 29.7 Å². The van der Waals surface area contributed by atoms with Crippen LogP contribution in [0.5, 0.6) is 5.75 Å². The Bertz CT molecular complexity index is 982. The molecule has 4 rings (SSSR count). The van der Waals surface area contributed by atoms with Crippen LogP contribution < -0.4 is 20.7 Å². The second-order valence-corrected chi connectivity index (χ2v) is 11.6. The maximum atomic E-state index is 6.05. The van der Waals surface area contributed by atoms with Crippen LogP contribution in [0.1, 0.15) is 64.2 Å². The number of unbranched alkanes of at least 4 members (excludes halogenated alkanes) is 8. The zero-order valence-electron chi connectivity index (χ0n) is 21.5. The van der Waals surface area contributed by atoms with Crippen molar-refractivity contribution < 1.29 is 9.47 Å². The van der Waals surface area contributed by atoms with Gasteiger partial charge in [0.1, 0.15) is 12.4 Å². The average molecular weight is 502 g/mol. The minimum Gasteiger partial charge on any atom is -0.494 e. The third kappa shape index (κ3) is 8.79. The molecule has 0 atom stereocenters. The van der Waals surface area contributed by atoms with Gasteiger partial charge in [-0.25, -0.2) is 0 Å². The third-order valence-corrected chi connectivity index (χ3v) is 9.02. The first-order chi connectivity index (χ1) is 17.9. The van der Waals surface area contributed by atoms with Gasteiger partial charge in [0.05, 0.1) is 13.2 Å². The van der Waals surface area contributed by atoms with Crippen molar-refractivity contribution in [2.45, 2.75) is 64.2 Å². The summed E-state index contributed by atoms with van der Waals surface area (Å²) in [5, 5.41) is 4.11. The standard InChI is InChI=1S/C32H40NO2P/c1(2-4-6-14-20-32-33-25-27-35-32)3-5-7-15-26-34-28-21-23-31(24-22-28)36(29-16-10-8-11-17-29)30-18-12-9-13-19-30/h8-13,16-19,21-24H,1-7,14-15,20,25-27H2. The van der Waals surface area contributed by atoms with E-state index in [1.54, 1.807) is 0 Å². The molecule has 0 spiro atoms. The maximum Gasteiger partial charge on any atom is 0.183 e. The van der Waals surface area contributed by atoms with Crippen molar-refractivity contribution in [2.24, 2.45) is 4.99 Å². The van der Waals surface area contributed by atoms with Crippen molar-refractivity contribution in [1.29, 1.82) is 0 Å². The van der Waals surface area contributed by atoms with E-state index in [-0.39, 0.29) is 0 Å². The smallest absolute Gasteiger partial charge is 0.183 e. The summed E-state index contributed by atoms with van der Waals surface area (Å²) in [5.74, 6) is 1.96. The lowest BCUT2D eigenvalue weighted by Gasteiger charge is -2.19. The van der Waals surface area contributed by atoms with E-state index in [0.717, 1.165) is 44.2 Å². The van der Waals surface area contributed by atoms with Crippen molar-refractivity contribution in [3.8, 4) is 5.75 Å². The Balaban J connectivity index is 1.10. The molecule has 0 unspecified atom stereocenters. The highest BCUT2D eigenvalue weighted by molar-refractivity contribution is 7.79. The van der Waals surface area contributed by atoms with E-state index in [9.17, 15) is 0 Å². The average Bonchev–Trinajstić information content (AvgIpc) is 3.45. The van der Waals surface area contributed by atoms with Crippen LogP contribution >= 0.6 is 7.92 Å². The molecule has 0 N–H and O–H groups in total. The predicted octanol–water partition coefficient (Wildman–Crippen LogP) is 7.15. The topological polar surface area (TPSA) is 30.8 Å². The summed E-state index contributed by atoms with van der Waals surface area (Å²) in [6, 6.07) is 30.4. The maximum absolute atomic E-state index is 6.05. The molecule has 3 nitrogen and oxygen atoms in total. The van der Waals surface area contributed by atoms with Gasteiger partial charge in [0.15, 0.2) is 5.90 Å². The fourth-order valence-corrected chi connectivity index (χ4v) is 6.91. The molecule has 0 saturated heterocycles. The van der Waals surface area contributed by atoms with E-state index in [0.29, 0.717) is 0 Å². The van der Waals surface area contributed by atoms with E-state index < -0.39 is 7.92 Å². The van der Waals surface area contributed by atoms with Gasteiger partial charge in [0, 0.05) is 6.42 Å². The highest BCUT2D eigenvalue weighted by Gasteiger charge is 2.16. The van der Waals surface area contributed by atoms with Crippen molar-refractivity contribution in [3.05, 3.63) is 84.9 Å². The molecule has 4 heteroatoms. The zero-order valence-corrected chi connectivity index (χ0v) is 22.4. The van der Waals surface area contributed by atoms with Crippen LogP contribution in [0.3, 0.4) is 0 Å². The van der Waals surface area contributed by atoms with Crippen LogP contribution in [-0.2, 0) is 4.74 Å². The van der Waals surface area contributed by atoms with Crippen LogP contribution in [0.25, 0.3) is 0 Å². The molecule has 190 valence electrons. The Labute approximate surface area is 218 Å². The molecule has 3 aromatic carbocycles. The summed E-state index contributed by atoms with van der Waals surface area (Å²) < 4.78 is 11.5. The summed E-state index contributed by atoms with van der Waals surface area (Å²) >= 11 is 0. The molecular formula is C32H40NO2P. The van der Waals surface area contributed by atoms with E-state index in [4.69, 9.17) is 9.47 Å². The number of benzene rings is 3. The van der Waals surface area contributed by atoms with Crippen LogP contribution in [-0.4, -0.2) is 25.7 Å². The summed E-state index contributed by atoms with van der Waals surface area (Å²) in [4.78, 5) is 4.36. The molecule has 0 saturated carbocycles. The van der Waals surface area contributed by atoms with Crippen LogP contribution in [0, 0.1) is 0 Å². The molecule has 0 fully saturated rings. The Morgan fingerprint density at radius 2 is 1.14 bits per heavy atom. The Hall–Kier alpha value is -2.64. The van der Waals surface area contributed by atoms with E-state index >= 15 is 0 Å². The van der Waals surface area contributed by atoms with Crippen molar-refractivity contribution in [2.75, 3.05) is 19.8 Å². The fourth-order valence-electron chi connectivity index (χ4n) is 4.63. The molecule has 0 aromatic heterocycles. The van der Waals surface area contributed by atoms with Crippen LogP contribution in [0.2, 0.25) is 0 Å². The van der Waals surface area contributed by atoms with Crippen molar-refractivity contribution in [3.63, 3.8) is 0 Å². The quantitative estimate of drug-likeness (QED) is 0.154. The number of aliphatic imine (C=N–C) groups is 1. The van der Waals surface area contributed by atoms with Crippen molar-refractivity contribution in [1.82, 2.24) is 0 Å². The monoisotopic (exact) mass is 501 g/mol. The normalized spacial score (nSPS) is 13.0. The highest BCUT2D eigenvalue weighted by Crippen LogP contribution is 2.33. The lowest BCUT2D eigenvalue weighted by molar-refractivity contribution is 0.304. The number of hydrogen-bond acceptors (Lipinski definition) is 3. The number of nitrogens with zero attached hydrogens (tertiary/aromatic N) is 1. The first-order valence-electron chi connectivity index (χ1n) is 13.7. The second-order valence-electron chi connectivity index (χ2n) is 9.40. The number of ether oxygens (including phenoxy) is 2. The van der Waals surface area contributed by atoms with E-state index in [2.05, 4.69) is 89.9 Å². The number of rotatable bonds is 16. The molecule has 0 radical (unpaired) electrons.